The number of phosphoric ester groups is 3. The molecular formula is C3H12O12P3-3. The Morgan fingerprint density at radius 1 is 0.778 bits per heavy atom. The molecule has 3 N–H and O–H groups in total. The molecule has 0 aromatic carbocycles. The van der Waals surface area contributed by atoms with Gasteiger partial charge in [0.2, 0.25) is 0 Å². The highest BCUT2D eigenvalue weighted by molar-refractivity contribution is 7.46. The Morgan fingerprint density at radius 3 is 0.944 bits per heavy atom. The predicted molar refractivity (Wildman–Crippen MR) is 50.5 cm³/mol. The monoisotopic (exact) mass is 333 g/mol. The summed E-state index contributed by atoms with van der Waals surface area (Å²) >= 11 is 0. The molecule has 0 saturated heterocycles. The van der Waals surface area contributed by atoms with Crippen LogP contribution in [0.15, 0.2) is 0 Å². The molecule has 0 spiro atoms. The Kier molecular flexibility index (Phi) is 13.2. The third kappa shape index (κ3) is 44.1. The van der Waals surface area contributed by atoms with Crippen LogP contribution in [0.25, 0.3) is 0 Å². The number of hydrogen-bond acceptors (Lipinski definition) is 9. The first kappa shape index (κ1) is 23.4. The Hall–Kier alpha value is 0.330. The fraction of sp³-hybridized carbons (Fsp3) is 1.00. The lowest BCUT2D eigenvalue weighted by Gasteiger charge is -2.25. The first-order chi connectivity index (χ1) is 7.68. The Morgan fingerprint density at radius 2 is 0.944 bits per heavy atom. The molecule has 0 aromatic rings. The highest BCUT2D eigenvalue weighted by Crippen LogP contribution is 2.33. The Balaban J connectivity index is -0.000000187. The van der Waals surface area contributed by atoms with Crippen molar-refractivity contribution in [3.8, 4) is 0 Å². The lowest BCUT2D eigenvalue weighted by atomic mass is 11.8. The van der Waals surface area contributed by atoms with E-state index in [2.05, 4.69) is 13.6 Å². The van der Waals surface area contributed by atoms with Gasteiger partial charge in [-0.05, 0) is 0 Å². The Bertz CT molecular complexity index is 267. The summed E-state index contributed by atoms with van der Waals surface area (Å²) in [6, 6.07) is 0. The minimum atomic E-state index is -4.65. The van der Waals surface area contributed by atoms with Crippen LogP contribution in [0.5, 0.6) is 0 Å². The van der Waals surface area contributed by atoms with Crippen LogP contribution in [0.4, 0.5) is 0 Å². The van der Waals surface area contributed by atoms with Crippen molar-refractivity contribution < 1.29 is 56.6 Å². The van der Waals surface area contributed by atoms with Gasteiger partial charge in [0.15, 0.2) is 0 Å². The van der Waals surface area contributed by atoms with E-state index in [4.69, 9.17) is 14.7 Å². The third-order valence-electron chi connectivity index (χ3n) is 0.692. The molecule has 0 fully saturated rings. The van der Waals surface area contributed by atoms with Crippen LogP contribution in [-0.4, -0.2) is 36.0 Å². The van der Waals surface area contributed by atoms with E-state index in [9.17, 15) is 28.4 Å². The van der Waals surface area contributed by atoms with E-state index in [-0.39, 0.29) is 0 Å². The van der Waals surface area contributed by atoms with Gasteiger partial charge in [-0.1, -0.05) is 0 Å². The third-order valence-corrected chi connectivity index (χ3v) is 2.08. The van der Waals surface area contributed by atoms with E-state index >= 15 is 0 Å². The van der Waals surface area contributed by atoms with E-state index in [0.717, 1.165) is 21.3 Å². The van der Waals surface area contributed by atoms with Crippen LogP contribution < -0.4 is 14.7 Å². The van der Waals surface area contributed by atoms with E-state index in [1.165, 1.54) is 0 Å². The summed E-state index contributed by atoms with van der Waals surface area (Å²) in [4.78, 5) is 50.9. The van der Waals surface area contributed by atoms with Gasteiger partial charge < -0.3 is 43.0 Å². The highest BCUT2D eigenvalue weighted by Gasteiger charge is 2.07. The molecule has 1 atom stereocenters. The molecule has 15 heteroatoms. The molecule has 0 aliphatic heterocycles. The average Bonchev–Trinajstić information content (AvgIpc) is 2.16. The smallest absolute Gasteiger partial charge is 0.469 e. The molecule has 0 bridgehead atoms. The van der Waals surface area contributed by atoms with Crippen molar-refractivity contribution in [3.05, 3.63) is 0 Å². The standard InChI is InChI=1S/3CH5O4P/c3*1-5-6(2,3)4/h3*1H3,(H2,2,3,4)/p-3. The summed E-state index contributed by atoms with van der Waals surface area (Å²) in [5.74, 6) is 0. The molecule has 18 heavy (non-hydrogen) atoms. The predicted octanol–water partition coefficient (Wildman–Crippen LogP) is -2.72. The highest BCUT2D eigenvalue weighted by atomic mass is 31.2. The lowest BCUT2D eigenvalue weighted by molar-refractivity contribution is -0.339. The molecule has 0 saturated carbocycles. The first-order valence-electron chi connectivity index (χ1n) is 3.47. The van der Waals surface area contributed by atoms with Gasteiger partial charge in [-0.25, -0.2) is 4.57 Å². The largest absolute Gasteiger partial charge is 0.790 e. The van der Waals surface area contributed by atoms with E-state index in [1.54, 1.807) is 0 Å². The minimum absolute atomic E-state index is 0.820. The van der Waals surface area contributed by atoms with Crippen molar-refractivity contribution in [2.45, 2.75) is 0 Å². The molecule has 1 unspecified atom stereocenters. The maximum atomic E-state index is 9.47. The van der Waals surface area contributed by atoms with Gasteiger partial charge in [0.1, 0.15) is 0 Å². The maximum absolute atomic E-state index is 9.47. The van der Waals surface area contributed by atoms with Crippen molar-refractivity contribution in [1.29, 1.82) is 0 Å². The van der Waals surface area contributed by atoms with Crippen LogP contribution in [0.3, 0.4) is 0 Å². The van der Waals surface area contributed by atoms with Gasteiger partial charge >= 0.3 is 7.82 Å². The molecule has 0 aliphatic carbocycles. The summed E-state index contributed by atoms with van der Waals surface area (Å²) < 4.78 is 38.6. The molecular weight excluding hydrogens is 321 g/mol. The first-order valence-corrected chi connectivity index (χ1v) is 7.95. The summed E-state index contributed by atoms with van der Waals surface area (Å²) in [7, 11) is -10.5. The minimum Gasteiger partial charge on any atom is -0.790 e. The number of phosphoric acid groups is 3. The Labute approximate surface area is 102 Å². The zero-order valence-corrected chi connectivity index (χ0v) is 12.0. The molecule has 0 heterocycles. The summed E-state index contributed by atoms with van der Waals surface area (Å²) in [6.45, 7) is 0. The van der Waals surface area contributed by atoms with E-state index in [0.29, 0.717) is 0 Å². The van der Waals surface area contributed by atoms with Crippen molar-refractivity contribution in [3.63, 3.8) is 0 Å². The fourth-order valence-electron chi connectivity index (χ4n) is 0. The van der Waals surface area contributed by atoms with Gasteiger partial charge in [-0.15, -0.1) is 0 Å². The second-order valence-corrected chi connectivity index (χ2v) is 5.86. The van der Waals surface area contributed by atoms with Gasteiger partial charge in [-0.3, -0.25) is 9.09 Å². The summed E-state index contributed by atoms with van der Waals surface area (Å²) in [5, 5.41) is 0. The topological polar surface area (TPSA) is 209 Å². The van der Waals surface area contributed by atoms with Gasteiger partial charge in [0.25, 0.3) is 7.82 Å². The summed E-state index contributed by atoms with van der Waals surface area (Å²) in [6.07, 6.45) is 0. The van der Waals surface area contributed by atoms with Crippen molar-refractivity contribution >= 4 is 23.5 Å². The fourth-order valence-corrected chi connectivity index (χ4v) is 0. The maximum Gasteiger partial charge on any atom is 0.469 e. The number of rotatable bonds is 3. The van der Waals surface area contributed by atoms with Gasteiger partial charge in [0.05, 0.1) is 7.82 Å². The van der Waals surface area contributed by atoms with E-state index < -0.39 is 23.5 Å². The van der Waals surface area contributed by atoms with Crippen molar-refractivity contribution in [2.24, 2.45) is 0 Å². The van der Waals surface area contributed by atoms with E-state index in [1.807, 2.05) is 0 Å². The molecule has 0 amide bonds. The molecule has 0 aromatic heterocycles. The van der Waals surface area contributed by atoms with Crippen LogP contribution >= 0.6 is 23.5 Å². The van der Waals surface area contributed by atoms with Crippen LogP contribution in [0.1, 0.15) is 0 Å². The molecule has 0 aliphatic rings. The quantitative estimate of drug-likeness (QED) is 0.450. The average molecular weight is 333 g/mol. The van der Waals surface area contributed by atoms with Crippen LogP contribution in [-0.2, 0) is 27.3 Å². The van der Waals surface area contributed by atoms with Crippen LogP contribution in [0.2, 0.25) is 0 Å². The molecule has 114 valence electrons. The lowest BCUT2D eigenvalue weighted by Crippen LogP contribution is -2.14. The van der Waals surface area contributed by atoms with Gasteiger partial charge in [-0.2, -0.15) is 0 Å². The van der Waals surface area contributed by atoms with Crippen LogP contribution in [0, 0.1) is 0 Å². The van der Waals surface area contributed by atoms with Crippen molar-refractivity contribution in [1.82, 2.24) is 0 Å². The normalized spacial score (nSPS) is 14.5. The zero-order chi connectivity index (χ0) is 15.6. The second kappa shape index (κ2) is 10.2. The molecule has 12 nitrogen and oxygen atoms in total. The zero-order valence-electron chi connectivity index (χ0n) is 9.36. The van der Waals surface area contributed by atoms with Gasteiger partial charge in [0, 0.05) is 21.3 Å². The molecule has 0 radical (unpaired) electrons. The summed E-state index contributed by atoms with van der Waals surface area (Å²) in [5.41, 5.74) is 0. The van der Waals surface area contributed by atoms with Crippen molar-refractivity contribution in [2.75, 3.05) is 21.3 Å². The SMILES string of the molecule is COP(=O)(O)O.COP(=O)([O-])O.COP(=O)([O-])[O-]. The molecule has 0 rings (SSSR count). The number of hydrogen-bond donors (Lipinski definition) is 3. The second-order valence-electron chi connectivity index (χ2n) is 1.95.